The van der Waals surface area contributed by atoms with E-state index >= 15 is 0 Å². The zero-order valence-electron chi connectivity index (χ0n) is 11.2. The molecule has 4 nitrogen and oxygen atoms in total. The predicted molar refractivity (Wildman–Crippen MR) is 70.4 cm³/mol. The fourth-order valence-corrected chi connectivity index (χ4v) is 1.72. The van der Waals surface area contributed by atoms with Crippen LogP contribution in [0.3, 0.4) is 0 Å². The predicted octanol–water partition coefficient (Wildman–Crippen LogP) is 2.25. The Bertz CT molecular complexity index is 475. The number of benzene rings is 1. The molecule has 0 heterocycles. The van der Waals surface area contributed by atoms with E-state index in [0.717, 1.165) is 11.3 Å². The van der Waals surface area contributed by atoms with Crippen molar-refractivity contribution in [1.82, 2.24) is 0 Å². The van der Waals surface area contributed by atoms with Gasteiger partial charge in [-0.15, -0.1) is 0 Å². The molecule has 0 aliphatic carbocycles. The van der Waals surface area contributed by atoms with E-state index in [1.807, 2.05) is 37.8 Å². The minimum absolute atomic E-state index is 0.109. The molecule has 96 valence electrons. The lowest BCUT2D eigenvalue weighted by atomic mass is 10.1. The lowest BCUT2D eigenvalue weighted by molar-refractivity contribution is -0.139. The normalized spacial score (nSPS) is 10.0. The van der Waals surface area contributed by atoms with Gasteiger partial charge >= 0.3 is 5.97 Å². The molecular formula is C14H18N2O2. The van der Waals surface area contributed by atoms with Gasteiger partial charge in [0.1, 0.15) is 12.6 Å². The second-order valence-corrected chi connectivity index (χ2v) is 4.43. The number of esters is 1. The number of rotatable bonds is 4. The zero-order valence-corrected chi connectivity index (χ0v) is 11.2. The Hall–Kier alpha value is -2.02. The van der Waals surface area contributed by atoms with Gasteiger partial charge in [-0.2, -0.15) is 5.26 Å². The second kappa shape index (κ2) is 6.06. The van der Waals surface area contributed by atoms with Crippen molar-refractivity contribution in [3.8, 4) is 6.07 Å². The standard InChI is InChI=1S/C14H18N2O2/c1-10(2)16(9-14(17)18-4)13-7-11(3)5-6-12(13)8-15/h5-7,10H,9H2,1-4H3. The summed E-state index contributed by atoms with van der Waals surface area (Å²) in [5.74, 6) is -0.311. The van der Waals surface area contributed by atoms with Gasteiger partial charge in [-0.25, -0.2) is 0 Å². The van der Waals surface area contributed by atoms with E-state index in [1.165, 1.54) is 7.11 Å². The molecule has 1 aromatic carbocycles. The van der Waals surface area contributed by atoms with Gasteiger partial charge in [-0.1, -0.05) is 6.07 Å². The van der Waals surface area contributed by atoms with Crippen molar-refractivity contribution in [2.45, 2.75) is 26.8 Å². The van der Waals surface area contributed by atoms with Gasteiger partial charge in [0, 0.05) is 6.04 Å². The molecule has 0 aliphatic rings. The summed E-state index contributed by atoms with van der Waals surface area (Å²) >= 11 is 0. The first-order valence-electron chi connectivity index (χ1n) is 5.83. The van der Waals surface area contributed by atoms with Gasteiger partial charge in [-0.05, 0) is 38.5 Å². The van der Waals surface area contributed by atoms with Crippen molar-refractivity contribution < 1.29 is 9.53 Å². The molecule has 0 unspecified atom stereocenters. The van der Waals surface area contributed by atoms with Crippen molar-refractivity contribution in [2.75, 3.05) is 18.6 Å². The molecule has 18 heavy (non-hydrogen) atoms. The number of carbonyl (C=O) groups excluding carboxylic acids is 1. The maximum Gasteiger partial charge on any atom is 0.325 e. The number of ether oxygens (including phenoxy) is 1. The van der Waals surface area contributed by atoms with Gasteiger partial charge in [0.05, 0.1) is 18.4 Å². The Morgan fingerprint density at radius 1 is 1.50 bits per heavy atom. The first-order chi connectivity index (χ1) is 8.49. The molecule has 0 saturated carbocycles. The number of hydrogen-bond donors (Lipinski definition) is 0. The second-order valence-electron chi connectivity index (χ2n) is 4.43. The molecular weight excluding hydrogens is 228 g/mol. The molecule has 0 radical (unpaired) electrons. The van der Waals surface area contributed by atoms with Crippen LogP contribution in [0.15, 0.2) is 18.2 Å². The molecule has 0 saturated heterocycles. The van der Waals surface area contributed by atoms with Gasteiger partial charge in [0.25, 0.3) is 0 Å². The lowest BCUT2D eigenvalue weighted by Gasteiger charge is -2.28. The highest BCUT2D eigenvalue weighted by atomic mass is 16.5. The van der Waals surface area contributed by atoms with Gasteiger partial charge in [0.2, 0.25) is 0 Å². The largest absolute Gasteiger partial charge is 0.468 e. The van der Waals surface area contributed by atoms with Crippen LogP contribution in [0.25, 0.3) is 0 Å². The van der Waals surface area contributed by atoms with Crippen LogP contribution in [-0.4, -0.2) is 25.7 Å². The van der Waals surface area contributed by atoms with Crippen molar-refractivity contribution in [1.29, 1.82) is 5.26 Å². The maximum atomic E-state index is 11.4. The Kier molecular flexibility index (Phi) is 4.73. The van der Waals surface area contributed by atoms with E-state index < -0.39 is 0 Å². The number of carbonyl (C=O) groups is 1. The summed E-state index contributed by atoms with van der Waals surface area (Å²) in [6.45, 7) is 6.06. The maximum absolute atomic E-state index is 11.4. The van der Waals surface area contributed by atoms with Crippen LogP contribution in [0.1, 0.15) is 25.0 Å². The average Bonchev–Trinajstić information content (AvgIpc) is 2.35. The van der Waals surface area contributed by atoms with E-state index in [9.17, 15) is 4.79 Å². The first-order valence-corrected chi connectivity index (χ1v) is 5.83. The fraction of sp³-hybridized carbons (Fsp3) is 0.429. The molecule has 1 aromatic rings. The summed E-state index contributed by atoms with van der Waals surface area (Å²) < 4.78 is 4.69. The Morgan fingerprint density at radius 2 is 2.17 bits per heavy atom. The van der Waals surface area contributed by atoms with Crippen molar-refractivity contribution in [2.24, 2.45) is 0 Å². The van der Waals surface area contributed by atoms with Crippen molar-refractivity contribution in [3.63, 3.8) is 0 Å². The zero-order chi connectivity index (χ0) is 13.7. The van der Waals surface area contributed by atoms with Crippen LogP contribution in [0, 0.1) is 18.3 Å². The van der Waals surface area contributed by atoms with Crippen LogP contribution in [0.2, 0.25) is 0 Å². The highest BCUT2D eigenvalue weighted by molar-refractivity contribution is 5.77. The van der Waals surface area contributed by atoms with Crippen LogP contribution >= 0.6 is 0 Å². The third kappa shape index (κ3) is 3.24. The highest BCUT2D eigenvalue weighted by Crippen LogP contribution is 2.23. The van der Waals surface area contributed by atoms with Crippen molar-refractivity contribution >= 4 is 11.7 Å². The van der Waals surface area contributed by atoms with E-state index in [2.05, 4.69) is 6.07 Å². The third-order valence-electron chi connectivity index (χ3n) is 2.73. The monoisotopic (exact) mass is 246 g/mol. The molecule has 0 aliphatic heterocycles. The molecule has 0 fully saturated rings. The van der Waals surface area contributed by atoms with E-state index in [1.54, 1.807) is 6.07 Å². The summed E-state index contributed by atoms with van der Waals surface area (Å²) in [5, 5.41) is 9.14. The quantitative estimate of drug-likeness (QED) is 0.765. The Morgan fingerprint density at radius 3 is 2.67 bits per heavy atom. The molecule has 0 spiro atoms. The fourth-order valence-electron chi connectivity index (χ4n) is 1.72. The van der Waals surface area contributed by atoms with Gasteiger partial charge in [-0.3, -0.25) is 4.79 Å². The number of nitrogens with zero attached hydrogens (tertiary/aromatic N) is 2. The number of nitriles is 1. The van der Waals surface area contributed by atoms with Crippen LogP contribution < -0.4 is 4.90 Å². The minimum Gasteiger partial charge on any atom is -0.468 e. The summed E-state index contributed by atoms with van der Waals surface area (Å²) in [5.41, 5.74) is 2.40. The summed E-state index contributed by atoms with van der Waals surface area (Å²) in [6.07, 6.45) is 0. The summed E-state index contributed by atoms with van der Waals surface area (Å²) in [6, 6.07) is 7.85. The molecule has 0 bridgehead atoms. The Balaban J connectivity index is 3.17. The van der Waals surface area contributed by atoms with Gasteiger partial charge in [0.15, 0.2) is 0 Å². The summed E-state index contributed by atoms with van der Waals surface area (Å²) in [4.78, 5) is 13.3. The molecule has 0 atom stereocenters. The SMILES string of the molecule is COC(=O)CN(c1cc(C)ccc1C#N)C(C)C. The van der Waals surface area contributed by atoms with Crippen LogP contribution in [0.4, 0.5) is 5.69 Å². The first kappa shape index (κ1) is 14.0. The molecule has 0 amide bonds. The van der Waals surface area contributed by atoms with E-state index in [4.69, 9.17) is 10.00 Å². The highest BCUT2D eigenvalue weighted by Gasteiger charge is 2.18. The topological polar surface area (TPSA) is 53.3 Å². The number of hydrogen-bond acceptors (Lipinski definition) is 4. The molecule has 0 N–H and O–H groups in total. The number of aryl methyl sites for hydroxylation is 1. The lowest BCUT2D eigenvalue weighted by Crippen LogP contribution is -2.36. The van der Waals surface area contributed by atoms with Crippen LogP contribution in [0.5, 0.6) is 0 Å². The Labute approximate surface area is 108 Å². The number of methoxy groups -OCH3 is 1. The van der Waals surface area contributed by atoms with Crippen molar-refractivity contribution in [3.05, 3.63) is 29.3 Å². The number of anilines is 1. The molecule has 1 rings (SSSR count). The van der Waals surface area contributed by atoms with E-state index in [-0.39, 0.29) is 18.6 Å². The average molecular weight is 246 g/mol. The van der Waals surface area contributed by atoms with Gasteiger partial charge < -0.3 is 9.64 Å². The smallest absolute Gasteiger partial charge is 0.325 e. The minimum atomic E-state index is -0.311. The van der Waals surface area contributed by atoms with Crippen LogP contribution in [-0.2, 0) is 9.53 Å². The summed E-state index contributed by atoms with van der Waals surface area (Å²) in [7, 11) is 1.36. The molecule has 0 aromatic heterocycles. The third-order valence-corrected chi connectivity index (χ3v) is 2.73. The molecule has 4 heteroatoms. The van der Waals surface area contributed by atoms with E-state index in [0.29, 0.717) is 5.56 Å².